The molecule has 100 valence electrons. The molecular weight excluding hydrogens is 230 g/mol. The molecule has 6 heteroatoms. The quantitative estimate of drug-likeness (QED) is 0.827. The molecule has 1 aliphatic heterocycles. The predicted octanol–water partition coefficient (Wildman–Crippen LogP) is 0.717. The number of hydrogen-bond acceptors (Lipinski definition) is 4. The van der Waals surface area contributed by atoms with Gasteiger partial charge in [0.25, 0.3) is 5.91 Å². The number of piperidine rings is 1. The van der Waals surface area contributed by atoms with Gasteiger partial charge in [-0.3, -0.25) is 9.89 Å². The van der Waals surface area contributed by atoms with E-state index in [-0.39, 0.29) is 17.8 Å². The lowest BCUT2D eigenvalue weighted by Crippen LogP contribution is -2.45. The van der Waals surface area contributed by atoms with E-state index in [0.29, 0.717) is 5.82 Å². The van der Waals surface area contributed by atoms with E-state index in [9.17, 15) is 4.79 Å². The van der Waals surface area contributed by atoms with Gasteiger partial charge >= 0.3 is 0 Å². The van der Waals surface area contributed by atoms with E-state index < -0.39 is 0 Å². The second-order valence-electron chi connectivity index (χ2n) is 4.83. The van der Waals surface area contributed by atoms with E-state index >= 15 is 0 Å². The van der Waals surface area contributed by atoms with Crippen molar-refractivity contribution in [1.82, 2.24) is 25.4 Å². The number of aromatic amines is 1. The zero-order chi connectivity index (χ0) is 13.0. The number of rotatable bonds is 4. The summed E-state index contributed by atoms with van der Waals surface area (Å²) in [6.45, 7) is 7.25. The van der Waals surface area contributed by atoms with Gasteiger partial charge in [-0.1, -0.05) is 6.92 Å². The van der Waals surface area contributed by atoms with Crippen LogP contribution in [0, 0.1) is 6.92 Å². The van der Waals surface area contributed by atoms with Crippen LogP contribution in [0.2, 0.25) is 0 Å². The third kappa shape index (κ3) is 3.29. The molecule has 0 spiro atoms. The SMILES string of the molecule is CCCN1CCC(NC(=O)c2n[nH]c(C)n2)CC1. The van der Waals surface area contributed by atoms with Crippen molar-refractivity contribution in [3.05, 3.63) is 11.6 Å². The summed E-state index contributed by atoms with van der Waals surface area (Å²) >= 11 is 0. The van der Waals surface area contributed by atoms with Gasteiger partial charge in [0.15, 0.2) is 0 Å². The van der Waals surface area contributed by atoms with Gasteiger partial charge in [0.2, 0.25) is 5.82 Å². The number of carbonyl (C=O) groups excluding carboxylic acids is 1. The molecule has 18 heavy (non-hydrogen) atoms. The highest BCUT2D eigenvalue weighted by atomic mass is 16.2. The zero-order valence-electron chi connectivity index (χ0n) is 11.1. The fourth-order valence-electron chi connectivity index (χ4n) is 2.31. The number of nitrogens with one attached hydrogen (secondary N) is 2. The van der Waals surface area contributed by atoms with Crippen LogP contribution in [-0.2, 0) is 0 Å². The van der Waals surface area contributed by atoms with Crippen molar-refractivity contribution < 1.29 is 4.79 Å². The van der Waals surface area contributed by atoms with Gasteiger partial charge in [0.1, 0.15) is 5.82 Å². The Morgan fingerprint density at radius 3 is 2.78 bits per heavy atom. The van der Waals surface area contributed by atoms with Gasteiger partial charge in [-0.2, -0.15) is 0 Å². The van der Waals surface area contributed by atoms with Crippen LogP contribution in [0.1, 0.15) is 42.6 Å². The highest BCUT2D eigenvalue weighted by Crippen LogP contribution is 2.10. The Morgan fingerprint density at radius 2 is 2.22 bits per heavy atom. The number of aryl methyl sites for hydroxylation is 1. The molecule has 2 rings (SSSR count). The molecule has 6 nitrogen and oxygen atoms in total. The van der Waals surface area contributed by atoms with E-state index in [4.69, 9.17) is 0 Å². The maximum Gasteiger partial charge on any atom is 0.291 e. The molecule has 0 radical (unpaired) electrons. The molecule has 1 amide bonds. The Kier molecular flexibility index (Phi) is 4.30. The van der Waals surface area contributed by atoms with Crippen LogP contribution in [0.15, 0.2) is 0 Å². The largest absolute Gasteiger partial charge is 0.346 e. The molecule has 0 atom stereocenters. The molecule has 0 bridgehead atoms. The molecule has 2 N–H and O–H groups in total. The van der Waals surface area contributed by atoms with Crippen LogP contribution in [0.25, 0.3) is 0 Å². The first-order valence-corrected chi connectivity index (χ1v) is 6.61. The average Bonchev–Trinajstić information content (AvgIpc) is 2.79. The van der Waals surface area contributed by atoms with Gasteiger partial charge in [0, 0.05) is 19.1 Å². The van der Waals surface area contributed by atoms with Crippen LogP contribution >= 0.6 is 0 Å². The Morgan fingerprint density at radius 1 is 1.50 bits per heavy atom. The van der Waals surface area contributed by atoms with Crippen molar-refractivity contribution in [2.45, 2.75) is 39.2 Å². The van der Waals surface area contributed by atoms with Crippen LogP contribution < -0.4 is 5.32 Å². The summed E-state index contributed by atoms with van der Waals surface area (Å²) in [6, 6.07) is 0.254. The summed E-state index contributed by atoms with van der Waals surface area (Å²) < 4.78 is 0. The summed E-state index contributed by atoms with van der Waals surface area (Å²) in [6.07, 6.45) is 3.21. The van der Waals surface area contributed by atoms with Crippen molar-refractivity contribution in [2.75, 3.05) is 19.6 Å². The van der Waals surface area contributed by atoms with Crippen molar-refractivity contribution in [1.29, 1.82) is 0 Å². The number of carbonyl (C=O) groups is 1. The highest BCUT2D eigenvalue weighted by Gasteiger charge is 2.21. The van der Waals surface area contributed by atoms with Gasteiger partial charge in [0.05, 0.1) is 0 Å². The van der Waals surface area contributed by atoms with E-state index in [1.165, 1.54) is 6.42 Å². The number of amides is 1. The van der Waals surface area contributed by atoms with E-state index in [2.05, 4.69) is 32.3 Å². The van der Waals surface area contributed by atoms with E-state index in [1.54, 1.807) is 6.92 Å². The highest BCUT2D eigenvalue weighted by molar-refractivity contribution is 5.90. The molecule has 1 saturated heterocycles. The minimum Gasteiger partial charge on any atom is -0.346 e. The summed E-state index contributed by atoms with van der Waals surface area (Å²) in [4.78, 5) is 18.3. The van der Waals surface area contributed by atoms with Gasteiger partial charge < -0.3 is 10.2 Å². The number of nitrogens with zero attached hydrogens (tertiary/aromatic N) is 3. The first kappa shape index (κ1) is 13.0. The second-order valence-corrected chi connectivity index (χ2v) is 4.83. The minimum absolute atomic E-state index is 0.173. The fourth-order valence-corrected chi connectivity index (χ4v) is 2.31. The number of likely N-dealkylation sites (tertiary alicyclic amines) is 1. The third-order valence-electron chi connectivity index (χ3n) is 3.26. The predicted molar refractivity (Wildman–Crippen MR) is 68.3 cm³/mol. The van der Waals surface area contributed by atoms with Crippen LogP contribution in [-0.4, -0.2) is 51.7 Å². The standard InChI is InChI=1S/C12H21N5O/c1-3-6-17-7-4-10(5-8-17)14-12(18)11-13-9(2)15-16-11/h10H,3-8H2,1-2H3,(H,14,18)(H,13,15,16). The first-order chi connectivity index (χ1) is 8.69. The Labute approximate surface area is 107 Å². The molecule has 0 saturated carbocycles. The summed E-state index contributed by atoms with van der Waals surface area (Å²) in [7, 11) is 0. The Balaban J connectivity index is 1.79. The molecular formula is C12H21N5O. The average molecular weight is 251 g/mol. The first-order valence-electron chi connectivity index (χ1n) is 6.61. The normalized spacial score (nSPS) is 17.9. The van der Waals surface area contributed by atoms with Crippen molar-refractivity contribution in [3.8, 4) is 0 Å². The fraction of sp³-hybridized carbons (Fsp3) is 0.750. The lowest BCUT2D eigenvalue weighted by atomic mass is 10.0. The Hall–Kier alpha value is -1.43. The molecule has 1 aromatic heterocycles. The summed E-state index contributed by atoms with van der Waals surface area (Å²) in [5.41, 5.74) is 0. The minimum atomic E-state index is -0.173. The number of aromatic nitrogens is 3. The van der Waals surface area contributed by atoms with Crippen LogP contribution in [0.4, 0.5) is 0 Å². The Bertz CT molecular complexity index is 395. The number of H-pyrrole nitrogens is 1. The molecule has 0 aliphatic carbocycles. The third-order valence-corrected chi connectivity index (χ3v) is 3.26. The zero-order valence-corrected chi connectivity index (χ0v) is 11.1. The lowest BCUT2D eigenvalue weighted by Gasteiger charge is -2.31. The van der Waals surface area contributed by atoms with Gasteiger partial charge in [-0.25, -0.2) is 4.98 Å². The molecule has 1 fully saturated rings. The van der Waals surface area contributed by atoms with E-state index in [0.717, 1.165) is 32.5 Å². The molecule has 1 aliphatic rings. The van der Waals surface area contributed by atoms with Crippen molar-refractivity contribution >= 4 is 5.91 Å². The monoisotopic (exact) mass is 251 g/mol. The molecule has 0 unspecified atom stereocenters. The lowest BCUT2D eigenvalue weighted by molar-refractivity contribution is 0.0901. The molecule has 1 aromatic rings. The molecule has 0 aromatic carbocycles. The topological polar surface area (TPSA) is 73.9 Å². The van der Waals surface area contributed by atoms with Crippen molar-refractivity contribution in [3.63, 3.8) is 0 Å². The van der Waals surface area contributed by atoms with Crippen LogP contribution in [0.5, 0.6) is 0 Å². The van der Waals surface area contributed by atoms with Crippen molar-refractivity contribution in [2.24, 2.45) is 0 Å². The second kappa shape index (κ2) is 5.95. The maximum absolute atomic E-state index is 11.9. The smallest absolute Gasteiger partial charge is 0.291 e. The van der Waals surface area contributed by atoms with E-state index in [1.807, 2.05) is 0 Å². The molecule has 2 heterocycles. The van der Waals surface area contributed by atoms with Gasteiger partial charge in [-0.15, -0.1) is 5.10 Å². The summed E-state index contributed by atoms with van der Waals surface area (Å²) in [5.74, 6) is 0.731. The van der Waals surface area contributed by atoms with Crippen LogP contribution in [0.3, 0.4) is 0 Å². The maximum atomic E-state index is 11.9. The number of hydrogen-bond donors (Lipinski definition) is 2. The van der Waals surface area contributed by atoms with Gasteiger partial charge in [-0.05, 0) is 32.7 Å². The summed E-state index contributed by atoms with van der Waals surface area (Å²) in [5, 5.41) is 9.55.